The number of aryl methyl sites for hydroxylation is 1. The maximum atomic E-state index is 10.2. The second-order valence-corrected chi connectivity index (χ2v) is 5.56. The Labute approximate surface area is 138 Å². The number of anilines is 1. The lowest BCUT2D eigenvalue weighted by molar-refractivity contribution is 0.0696. The van der Waals surface area contributed by atoms with Crippen LogP contribution in [-0.2, 0) is 12.8 Å². The summed E-state index contributed by atoms with van der Waals surface area (Å²) in [6, 6.07) is 9.24. The Morgan fingerprint density at radius 3 is 2.67 bits per heavy atom. The lowest BCUT2D eigenvalue weighted by atomic mass is 10.1. The highest BCUT2D eigenvalue weighted by Crippen LogP contribution is 2.31. The number of benzene rings is 1. The summed E-state index contributed by atoms with van der Waals surface area (Å²) in [5, 5.41) is 18.2. The minimum absolute atomic E-state index is 0.0139. The second kappa shape index (κ2) is 6.54. The topological polar surface area (TPSA) is 109 Å². The first kappa shape index (κ1) is 15.7. The van der Waals surface area contributed by atoms with E-state index in [1.54, 1.807) is 0 Å². The SMILES string of the molecule is Nc1c2c(nc3ccccc13)CCC2.O=C(O)c1cncc(O)c1. The van der Waals surface area contributed by atoms with Crippen molar-refractivity contribution in [2.45, 2.75) is 19.3 Å². The molecule has 1 aromatic carbocycles. The van der Waals surface area contributed by atoms with Crippen molar-refractivity contribution in [3.8, 4) is 5.75 Å². The lowest BCUT2D eigenvalue weighted by Crippen LogP contribution is -1.97. The molecular weight excluding hydrogens is 306 g/mol. The summed E-state index contributed by atoms with van der Waals surface area (Å²) in [4.78, 5) is 18.3. The number of aromatic nitrogens is 2. The highest BCUT2D eigenvalue weighted by Gasteiger charge is 2.17. The van der Waals surface area contributed by atoms with Crippen molar-refractivity contribution >= 4 is 22.6 Å². The summed E-state index contributed by atoms with van der Waals surface area (Å²) in [5.74, 6) is -1.23. The van der Waals surface area contributed by atoms with E-state index < -0.39 is 5.97 Å². The van der Waals surface area contributed by atoms with Gasteiger partial charge in [0, 0.05) is 23.0 Å². The van der Waals surface area contributed by atoms with Crippen LogP contribution in [-0.4, -0.2) is 26.2 Å². The van der Waals surface area contributed by atoms with Gasteiger partial charge in [0.2, 0.25) is 0 Å². The quantitative estimate of drug-likeness (QED) is 0.635. The molecule has 1 aliphatic carbocycles. The van der Waals surface area contributed by atoms with Crippen LogP contribution in [0, 0.1) is 0 Å². The zero-order valence-electron chi connectivity index (χ0n) is 12.9. The van der Waals surface area contributed by atoms with Crippen LogP contribution in [0.3, 0.4) is 0 Å². The average Bonchev–Trinajstić information content (AvgIpc) is 3.04. The molecule has 0 radical (unpaired) electrons. The summed E-state index contributed by atoms with van der Waals surface area (Å²) >= 11 is 0. The molecule has 6 heteroatoms. The van der Waals surface area contributed by atoms with Crippen molar-refractivity contribution in [2.75, 3.05) is 5.73 Å². The first-order valence-electron chi connectivity index (χ1n) is 7.59. The minimum atomic E-state index is -1.09. The number of aromatic hydroxyl groups is 1. The predicted octanol–water partition coefficient (Wildman–Crippen LogP) is 2.79. The van der Waals surface area contributed by atoms with Crippen LogP contribution in [0.5, 0.6) is 5.75 Å². The van der Waals surface area contributed by atoms with E-state index in [-0.39, 0.29) is 11.3 Å². The summed E-state index contributed by atoms with van der Waals surface area (Å²) < 4.78 is 0. The maximum absolute atomic E-state index is 10.2. The number of para-hydroxylation sites is 1. The zero-order chi connectivity index (χ0) is 17.1. The molecule has 0 amide bonds. The van der Waals surface area contributed by atoms with E-state index in [0.29, 0.717) is 0 Å². The minimum Gasteiger partial charge on any atom is -0.506 e. The molecule has 2 heterocycles. The molecule has 4 N–H and O–H groups in total. The van der Waals surface area contributed by atoms with Gasteiger partial charge in [0.25, 0.3) is 0 Å². The number of rotatable bonds is 1. The third kappa shape index (κ3) is 3.12. The molecule has 122 valence electrons. The molecule has 0 saturated carbocycles. The normalized spacial score (nSPS) is 12.3. The van der Waals surface area contributed by atoms with Gasteiger partial charge in [-0.3, -0.25) is 9.97 Å². The van der Waals surface area contributed by atoms with Crippen molar-refractivity contribution in [3.63, 3.8) is 0 Å². The van der Waals surface area contributed by atoms with Crippen LogP contribution in [0.25, 0.3) is 10.9 Å². The van der Waals surface area contributed by atoms with Crippen LogP contribution in [0.1, 0.15) is 28.0 Å². The Morgan fingerprint density at radius 1 is 1.17 bits per heavy atom. The van der Waals surface area contributed by atoms with Gasteiger partial charge in [0.05, 0.1) is 17.3 Å². The van der Waals surface area contributed by atoms with E-state index in [0.717, 1.165) is 35.5 Å². The van der Waals surface area contributed by atoms with Crippen LogP contribution >= 0.6 is 0 Å². The monoisotopic (exact) mass is 323 g/mol. The van der Waals surface area contributed by atoms with Gasteiger partial charge < -0.3 is 15.9 Å². The van der Waals surface area contributed by atoms with E-state index in [1.807, 2.05) is 18.2 Å². The van der Waals surface area contributed by atoms with E-state index in [9.17, 15) is 4.79 Å². The molecule has 0 atom stereocenters. The molecule has 0 unspecified atom stereocenters. The van der Waals surface area contributed by atoms with Gasteiger partial charge in [-0.25, -0.2) is 4.79 Å². The number of nitrogens with two attached hydrogens (primary N) is 1. The summed E-state index contributed by atoms with van der Waals surface area (Å²) in [6.07, 6.45) is 5.72. The van der Waals surface area contributed by atoms with Gasteiger partial charge in [0.1, 0.15) is 5.75 Å². The fraction of sp³-hybridized carbons (Fsp3) is 0.167. The molecule has 0 aliphatic heterocycles. The van der Waals surface area contributed by atoms with E-state index in [4.69, 9.17) is 15.9 Å². The molecule has 0 fully saturated rings. The number of fused-ring (bicyclic) bond motifs is 2. The second-order valence-electron chi connectivity index (χ2n) is 5.56. The standard InChI is InChI=1S/C12H12N2.C6H5NO3/c13-12-8-4-1-2-6-10(8)14-11-7-3-5-9(11)12;8-5-1-4(6(9)10)2-7-3-5/h1-2,4,6H,3,5,7H2,(H2,13,14);1-3,8H,(H,9,10). The Balaban J connectivity index is 0.000000150. The lowest BCUT2D eigenvalue weighted by Gasteiger charge is -2.07. The van der Waals surface area contributed by atoms with Gasteiger partial charge in [0.15, 0.2) is 0 Å². The molecule has 4 rings (SSSR count). The zero-order valence-corrected chi connectivity index (χ0v) is 12.9. The van der Waals surface area contributed by atoms with Crippen LogP contribution < -0.4 is 5.73 Å². The molecule has 0 spiro atoms. The van der Waals surface area contributed by atoms with Crippen LogP contribution in [0.15, 0.2) is 42.7 Å². The third-order valence-electron chi connectivity index (χ3n) is 3.93. The van der Waals surface area contributed by atoms with Crippen molar-refractivity contribution in [1.29, 1.82) is 0 Å². The van der Waals surface area contributed by atoms with Crippen molar-refractivity contribution in [1.82, 2.24) is 9.97 Å². The Bertz CT molecular complexity index is 909. The van der Waals surface area contributed by atoms with Gasteiger partial charge in [-0.2, -0.15) is 0 Å². The number of aromatic carboxylic acids is 1. The molecule has 0 saturated heterocycles. The number of hydrogen-bond donors (Lipinski definition) is 3. The molecule has 24 heavy (non-hydrogen) atoms. The molecule has 0 bridgehead atoms. The Hall–Kier alpha value is -3.15. The number of carboxylic acids is 1. The van der Waals surface area contributed by atoms with E-state index in [2.05, 4.69) is 16.0 Å². The first-order valence-corrected chi connectivity index (χ1v) is 7.59. The van der Waals surface area contributed by atoms with E-state index in [1.165, 1.54) is 30.1 Å². The smallest absolute Gasteiger partial charge is 0.337 e. The number of nitrogens with zero attached hydrogens (tertiary/aromatic N) is 2. The third-order valence-corrected chi connectivity index (χ3v) is 3.93. The molecule has 3 aromatic rings. The van der Waals surface area contributed by atoms with Gasteiger partial charge >= 0.3 is 5.97 Å². The summed E-state index contributed by atoms with van der Waals surface area (Å²) in [5.41, 5.74) is 10.6. The Morgan fingerprint density at radius 2 is 1.96 bits per heavy atom. The van der Waals surface area contributed by atoms with Gasteiger partial charge in [-0.05, 0) is 37.0 Å². The first-order chi connectivity index (χ1) is 11.6. The van der Waals surface area contributed by atoms with Crippen LogP contribution in [0.4, 0.5) is 5.69 Å². The summed E-state index contributed by atoms with van der Waals surface area (Å²) in [6.45, 7) is 0. The van der Waals surface area contributed by atoms with Crippen LogP contribution in [0.2, 0.25) is 0 Å². The number of carboxylic acid groups (broad SMARTS) is 1. The fourth-order valence-corrected chi connectivity index (χ4v) is 2.79. The highest BCUT2D eigenvalue weighted by molar-refractivity contribution is 5.92. The van der Waals surface area contributed by atoms with Crippen molar-refractivity contribution in [3.05, 3.63) is 59.5 Å². The molecule has 1 aliphatic rings. The Kier molecular flexibility index (Phi) is 4.29. The van der Waals surface area contributed by atoms with Crippen molar-refractivity contribution in [2.24, 2.45) is 0 Å². The van der Waals surface area contributed by atoms with Gasteiger partial charge in [-0.1, -0.05) is 18.2 Å². The molecular formula is C18H17N3O3. The highest BCUT2D eigenvalue weighted by atomic mass is 16.4. The fourth-order valence-electron chi connectivity index (χ4n) is 2.79. The maximum Gasteiger partial charge on any atom is 0.337 e. The summed E-state index contributed by atoms with van der Waals surface area (Å²) in [7, 11) is 0. The largest absolute Gasteiger partial charge is 0.506 e. The van der Waals surface area contributed by atoms with E-state index >= 15 is 0 Å². The molecule has 2 aromatic heterocycles. The number of hydrogen-bond acceptors (Lipinski definition) is 5. The van der Waals surface area contributed by atoms with Crippen molar-refractivity contribution < 1.29 is 15.0 Å². The van der Waals surface area contributed by atoms with Gasteiger partial charge in [-0.15, -0.1) is 0 Å². The number of nitrogen functional groups attached to an aromatic ring is 1. The number of pyridine rings is 2. The predicted molar refractivity (Wildman–Crippen MR) is 91.0 cm³/mol. The average molecular weight is 323 g/mol. The molecule has 6 nitrogen and oxygen atoms in total. The number of carbonyl (C=O) groups is 1.